The lowest BCUT2D eigenvalue weighted by atomic mass is 10.1. The summed E-state index contributed by atoms with van der Waals surface area (Å²) in [5.74, 6) is 0.261. The average Bonchev–Trinajstić information content (AvgIpc) is 2.21. The van der Waals surface area contributed by atoms with E-state index >= 15 is 0 Å². The van der Waals surface area contributed by atoms with Gasteiger partial charge in [-0.2, -0.15) is 0 Å². The monoisotopic (exact) mass is 201 g/mol. The minimum atomic E-state index is -0.454. The second kappa shape index (κ2) is 4.78. The summed E-state index contributed by atoms with van der Waals surface area (Å²) in [7, 11) is 2.88. The van der Waals surface area contributed by atoms with Crippen LogP contribution in [0.4, 0.5) is 4.39 Å². The van der Waals surface area contributed by atoms with Gasteiger partial charge in [-0.15, -0.1) is 0 Å². The van der Waals surface area contributed by atoms with Crippen LogP contribution in [0.5, 0.6) is 11.5 Å². The molecular weight excluding hydrogens is 189 g/mol. The lowest BCUT2D eigenvalue weighted by molar-refractivity contribution is 0.158. The molecule has 0 saturated carbocycles. The third-order valence-corrected chi connectivity index (χ3v) is 1.85. The largest absolute Gasteiger partial charge is 0.493 e. The van der Waals surface area contributed by atoms with Crippen LogP contribution in [0.25, 0.3) is 0 Å². The molecule has 0 atom stereocenters. The van der Waals surface area contributed by atoms with Crippen LogP contribution >= 0.6 is 0 Å². The lowest BCUT2D eigenvalue weighted by Gasteiger charge is -2.12. The van der Waals surface area contributed by atoms with Gasteiger partial charge in [0.05, 0.1) is 20.8 Å². The fourth-order valence-electron chi connectivity index (χ4n) is 1.21. The minimum Gasteiger partial charge on any atom is -0.493 e. The van der Waals surface area contributed by atoms with E-state index in [1.54, 1.807) is 0 Å². The van der Waals surface area contributed by atoms with Crippen LogP contribution in [-0.4, -0.2) is 19.4 Å². The zero-order valence-corrected chi connectivity index (χ0v) is 8.00. The van der Waals surface area contributed by atoms with Crippen molar-refractivity contribution in [1.29, 1.82) is 0 Å². The Morgan fingerprint density at radius 2 is 2.07 bits per heavy atom. The highest BCUT2D eigenvalue weighted by molar-refractivity contribution is 5.47. The smallest absolute Gasteiger partial charge is 0.168 e. The van der Waals surface area contributed by atoms with Crippen molar-refractivity contribution >= 4 is 0 Å². The number of hydroxylamine groups is 1. The van der Waals surface area contributed by atoms with Gasteiger partial charge < -0.3 is 14.7 Å². The lowest BCUT2D eigenvalue weighted by Crippen LogP contribution is -2.10. The molecule has 0 aliphatic heterocycles. The Kier molecular flexibility index (Phi) is 3.67. The summed E-state index contributed by atoms with van der Waals surface area (Å²) in [6, 6.07) is 2.73. The van der Waals surface area contributed by atoms with E-state index in [0.29, 0.717) is 5.75 Å². The van der Waals surface area contributed by atoms with E-state index in [2.05, 4.69) is 0 Å². The molecule has 0 saturated heterocycles. The van der Waals surface area contributed by atoms with E-state index in [-0.39, 0.29) is 17.9 Å². The van der Waals surface area contributed by atoms with Gasteiger partial charge >= 0.3 is 0 Å². The van der Waals surface area contributed by atoms with Crippen molar-refractivity contribution < 1.29 is 19.1 Å². The molecule has 14 heavy (non-hydrogen) atoms. The van der Waals surface area contributed by atoms with E-state index in [0.717, 1.165) is 0 Å². The maximum absolute atomic E-state index is 13.3. The molecule has 0 radical (unpaired) electrons. The predicted octanol–water partition coefficient (Wildman–Crippen LogP) is 1.32. The Morgan fingerprint density at radius 1 is 1.36 bits per heavy atom. The van der Waals surface area contributed by atoms with E-state index in [1.165, 1.54) is 26.4 Å². The first-order valence-corrected chi connectivity index (χ1v) is 4.01. The Balaban J connectivity index is 3.20. The molecule has 0 fully saturated rings. The van der Waals surface area contributed by atoms with Crippen molar-refractivity contribution in [2.24, 2.45) is 0 Å². The van der Waals surface area contributed by atoms with Gasteiger partial charge in [0, 0.05) is 5.56 Å². The van der Waals surface area contributed by atoms with Crippen molar-refractivity contribution in [2.75, 3.05) is 14.2 Å². The molecule has 1 aromatic rings. The molecule has 5 heteroatoms. The van der Waals surface area contributed by atoms with Gasteiger partial charge in [0.25, 0.3) is 0 Å². The molecule has 0 heterocycles. The maximum atomic E-state index is 13.3. The molecule has 0 unspecified atom stereocenters. The van der Waals surface area contributed by atoms with E-state index in [1.807, 2.05) is 5.48 Å². The summed E-state index contributed by atoms with van der Waals surface area (Å²) in [6.45, 7) is -0.0355. The Morgan fingerprint density at radius 3 is 2.57 bits per heavy atom. The number of nitrogens with one attached hydrogen (secondary N) is 1. The molecule has 0 bridgehead atoms. The first-order valence-electron chi connectivity index (χ1n) is 4.01. The number of hydrogen-bond donors (Lipinski definition) is 2. The summed E-state index contributed by atoms with van der Waals surface area (Å²) in [4.78, 5) is 0. The van der Waals surface area contributed by atoms with Crippen molar-refractivity contribution in [3.05, 3.63) is 23.5 Å². The molecule has 1 aromatic carbocycles. The van der Waals surface area contributed by atoms with Crippen molar-refractivity contribution in [1.82, 2.24) is 5.48 Å². The van der Waals surface area contributed by atoms with Gasteiger partial charge in [0.2, 0.25) is 0 Å². The summed E-state index contributed by atoms with van der Waals surface area (Å²) >= 11 is 0. The van der Waals surface area contributed by atoms with E-state index in [4.69, 9.17) is 14.7 Å². The fraction of sp³-hybridized carbons (Fsp3) is 0.333. The van der Waals surface area contributed by atoms with Crippen LogP contribution < -0.4 is 15.0 Å². The number of benzene rings is 1. The summed E-state index contributed by atoms with van der Waals surface area (Å²) in [5.41, 5.74) is 2.11. The highest BCUT2D eigenvalue weighted by atomic mass is 19.1. The molecule has 0 aliphatic carbocycles. The van der Waals surface area contributed by atoms with Crippen LogP contribution in [-0.2, 0) is 6.54 Å². The molecule has 0 aliphatic rings. The number of rotatable bonds is 4. The summed E-state index contributed by atoms with van der Waals surface area (Å²) in [5, 5.41) is 8.51. The van der Waals surface area contributed by atoms with Gasteiger partial charge in [0.15, 0.2) is 11.5 Å². The first-order chi connectivity index (χ1) is 6.74. The quantitative estimate of drug-likeness (QED) is 0.721. The number of ether oxygens (including phenoxy) is 2. The van der Waals surface area contributed by atoms with E-state index < -0.39 is 5.82 Å². The van der Waals surface area contributed by atoms with Crippen LogP contribution in [0.1, 0.15) is 5.56 Å². The second-order valence-corrected chi connectivity index (χ2v) is 2.60. The van der Waals surface area contributed by atoms with Gasteiger partial charge in [-0.3, -0.25) is 0 Å². The first kappa shape index (κ1) is 10.7. The zero-order valence-electron chi connectivity index (χ0n) is 8.00. The fourth-order valence-corrected chi connectivity index (χ4v) is 1.21. The third kappa shape index (κ3) is 1.94. The number of halogens is 1. The molecule has 78 valence electrons. The molecule has 4 nitrogen and oxygen atoms in total. The van der Waals surface area contributed by atoms with Crippen molar-refractivity contribution in [3.63, 3.8) is 0 Å². The van der Waals surface area contributed by atoms with Gasteiger partial charge in [-0.25, -0.2) is 9.87 Å². The van der Waals surface area contributed by atoms with Crippen molar-refractivity contribution in [2.45, 2.75) is 6.54 Å². The topological polar surface area (TPSA) is 50.7 Å². The SMILES string of the molecule is COc1ccc(F)c(CNO)c1OC. The Bertz CT molecular complexity index is 317. The molecule has 0 aromatic heterocycles. The van der Waals surface area contributed by atoms with Crippen LogP contribution in [0.15, 0.2) is 12.1 Å². The standard InChI is InChI=1S/C9H12FNO3/c1-13-8-4-3-7(10)6(5-11-12)9(8)14-2/h3-4,11-12H,5H2,1-2H3. The molecule has 0 amide bonds. The zero-order chi connectivity index (χ0) is 10.6. The van der Waals surface area contributed by atoms with Gasteiger partial charge in [0.1, 0.15) is 5.82 Å². The molecule has 2 N–H and O–H groups in total. The number of hydrogen-bond acceptors (Lipinski definition) is 4. The second-order valence-electron chi connectivity index (χ2n) is 2.60. The molecule has 0 spiro atoms. The van der Waals surface area contributed by atoms with Gasteiger partial charge in [-0.05, 0) is 12.1 Å². The summed E-state index contributed by atoms with van der Waals surface area (Å²) in [6.07, 6.45) is 0. The van der Waals surface area contributed by atoms with Crippen molar-refractivity contribution in [3.8, 4) is 11.5 Å². The highest BCUT2D eigenvalue weighted by Crippen LogP contribution is 2.32. The van der Waals surface area contributed by atoms with Gasteiger partial charge in [-0.1, -0.05) is 0 Å². The Labute approximate surface area is 81.2 Å². The minimum absolute atomic E-state index is 0.0355. The Hall–Kier alpha value is -1.33. The normalized spacial score (nSPS) is 10.0. The summed E-state index contributed by atoms with van der Waals surface area (Å²) < 4.78 is 23.2. The molecule has 1 rings (SSSR count). The third-order valence-electron chi connectivity index (χ3n) is 1.85. The highest BCUT2D eigenvalue weighted by Gasteiger charge is 2.14. The van der Waals surface area contributed by atoms with E-state index in [9.17, 15) is 4.39 Å². The predicted molar refractivity (Wildman–Crippen MR) is 48.1 cm³/mol. The van der Waals surface area contributed by atoms with Crippen LogP contribution in [0.3, 0.4) is 0 Å². The van der Waals surface area contributed by atoms with Crippen LogP contribution in [0.2, 0.25) is 0 Å². The van der Waals surface area contributed by atoms with Crippen LogP contribution in [0, 0.1) is 5.82 Å². The number of methoxy groups -OCH3 is 2. The molecular formula is C9H12FNO3. The maximum Gasteiger partial charge on any atom is 0.168 e. The average molecular weight is 201 g/mol.